The molecule has 0 heterocycles. The maximum atomic E-state index is 13.8. The fourth-order valence-electron chi connectivity index (χ4n) is 5.94. The number of unbranched alkanes of at least 4 members (excludes halogenated alkanes) is 1. The molecule has 0 radical (unpaired) electrons. The topological polar surface area (TPSA) is 342 Å². The Morgan fingerprint density at radius 2 is 1.20 bits per heavy atom. The summed E-state index contributed by atoms with van der Waals surface area (Å²) in [6.45, 7) is 8.14. The molecule has 20 nitrogen and oxygen atoms in total. The lowest BCUT2D eigenvalue weighted by molar-refractivity contribution is -0.142. The maximum absolute atomic E-state index is 13.8. The molecule has 9 atom stereocenters. The summed E-state index contributed by atoms with van der Waals surface area (Å²) in [7, 11) is 0. The second-order valence-electron chi connectivity index (χ2n) is 15.3. The first-order chi connectivity index (χ1) is 28.7. The molecule has 0 saturated carbocycles. The third-order valence-electron chi connectivity index (χ3n) is 9.92. The van der Waals surface area contributed by atoms with Gasteiger partial charge < -0.3 is 63.8 Å². The van der Waals surface area contributed by atoms with Crippen LogP contribution in [0.15, 0.2) is 24.3 Å². The summed E-state index contributed by atoms with van der Waals surface area (Å²) < 4.78 is 0. The highest BCUT2D eigenvalue weighted by molar-refractivity contribution is 7.98. The molecule has 0 aliphatic heterocycles. The van der Waals surface area contributed by atoms with Crippen molar-refractivity contribution in [1.82, 2.24) is 31.9 Å². The second kappa shape index (κ2) is 27.8. The number of nitrogens with two attached hydrogens (primary N) is 2. The lowest BCUT2D eigenvalue weighted by Gasteiger charge is -2.30. The number of nitrogens with one attached hydrogen (secondary N) is 6. The van der Waals surface area contributed by atoms with Crippen molar-refractivity contribution in [2.24, 2.45) is 23.3 Å². The zero-order valence-electron chi connectivity index (χ0n) is 35.8. The summed E-state index contributed by atoms with van der Waals surface area (Å²) in [5, 5.41) is 54.5. The highest BCUT2D eigenvalue weighted by atomic mass is 32.2. The van der Waals surface area contributed by atoms with E-state index in [4.69, 9.17) is 11.5 Å². The van der Waals surface area contributed by atoms with Crippen LogP contribution >= 0.6 is 11.8 Å². The minimum absolute atomic E-state index is 0.0370. The lowest BCUT2D eigenvalue weighted by Crippen LogP contribution is -2.62. The van der Waals surface area contributed by atoms with Crippen molar-refractivity contribution < 1.29 is 58.8 Å². The number of aromatic hydroxyl groups is 1. The number of amides is 6. The fraction of sp³-hybridized carbons (Fsp3) is 0.650. The summed E-state index contributed by atoms with van der Waals surface area (Å²) in [6, 6.07) is -3.59. The first-order valence-corrected chi connectivity index (χ1v) is 21.7. The quantitative estimate of drug-likeness (QED) is 0.0433. The zero-order valence-corrected chi connectivity index (χ0v) is 36.6. The van der Waals surface area contributed by atoms with Crippen LogP contribution in [0.4, 0.5) is 0 Å². The Morgan fingerprint density at radius 1 is 0.672 bits per heavy atom. The molecule has 1 aromatic rings. The van der Waals surface area contributed by atoms with E-state index in [1.165, 1.54) is 43.0 Å². The number of carbonyl (C=O) groups excluding carboxylic acids is 6. The van der Waals surface area contributed by atoms with E-state index in [0.29, 0.717) is 37.1 Å². The summed E-state index contributed by atoms with van der Waals surface area (Å²) in [4.78, 5) is 105. The standard InChI is InChI=1S/C40H66N8O12S/c1-7-22(4)32(38(57)44-28(40(59)60)17-19-61-6)47-35(54)27(15-16-30(51)52)43-37(56)31(21(2)3)46-39(58)33(23(5)49)48-36(55)29(20-24-11-13-25(50)14-12-24)45-34(53)26(42)10-8-9-18-41/h11-14,21-23,26-29,31-33,49-50H,7-10,15-20,41-42H2,1-6H3,(H,43,56)(H,44,57)(H,45,53)(H,46,58)(H,47,54)(H,48,55)(H,51,52)(H,59,60)/t22-,23+,26-,27-,28-,29-,31-,32-,33-/m0/s1. The van der Waals surface area contributed by atoms with Gasteiger partial charge in [-0.2, -0.15) is 11.8 Å². The number of aliphatic hydroxyl groups excluding tert-OH is 1. The Morgan fingerprint density at radius 3 is 1.72 bits per heavy atom. The van der Waals surface area contributed by atoms with Gasteiger partial charge in [-0.25, -0.2) is 4.79 Å². The highest BCUT2D eigenvalue weighted by Crippen LogP contribution is 2.14. The maximum Gasteiger partial charge on any atom is 0.326 e. The summed E-state index contributed by atoms with van der Waals surface area (Å²) in [5.41, 5.74) is 12.1. The first-order valence-electron chi connectivity index (χ1n) is 20.3. The second-order valence-corrected chi connectivity index (χ2v) is 16.3. The third-order valence-corrected chi connectivity index (χ3v) is 10.6. The number of thioether (sulfide) groups is 1. The van der Waals surface area contributed by atoms with Gasteiger partial charge in [0, 0.05) is 12.8 Å². The van der Waals surface area contributed by atoms with E-state index < -0.39 is 120 Å². The molecule has 344 valence electrons. The number of rotatable bonds is 29. The van der Waals surface area contributed by atoms with Crippen molar-refractivity contribution in [3.05, 3.63) is 29.8 Å². The van der Waals surface area contributed by atoms with Crippen LogP contribution in [0, 0.1) is 11.8 Å². The van der Waals surface area contributed by atoms with Gasteiger partial charge >= 0.3 is 11.9 Å². The van der Waals surface area contributed by atoms with Crippen LogP contribution in [-0.4, -0.2) is 135 Å². The predicted octanol–water partition coefficient (Wildman–Crippen LogP) is -0.915. The molecule has 0 bridgehead atoms. The number of aliphatic carboxylic acids is 2. The largest absolute Gasteiger partial charge is 0.508 e. The number of aliphatic hydroxyl groups is 1. The Balaban J connectivity index is 3.34. The number of phenolic OH excluding ortho intramolecular Hbond substituents is 1. The van der Waals surface area contributed by atoms with Crippen molar-refractivity contribution in [3.63, 3.8) is 0 Å². The molecule has 14 N–H and O–H groups in total. The number of benzene rings is 1. The Bertz CT molecular complexity index is 1620. The average molecular weight is 883 g/mol. The highest BCUT2D eigenvalue weighted by Gasteiger charge is 2.37. The van der Waals surface area contributed by atoms with Crippen LogP contribution in [-0.2, 0) is 44.8 Å². The Hall–Kier alpha value is -4.99. The summed E-state index contributed by atoms with van der Waals surface area (Å²) >= 11 is 1.38. The normalized spacial score (nSPS) is 15.6. The van der Waals surface area contributed by atoms with Crippen LogP contribution < -0.4 is 43.4 Å². The van der Waals surface area contributed by atoms with E-state index in [9.17, 15) is 58.8 Å². The van der Waals surface area contributed by atoms with Gasteiger partial charge in [0.2, 0.25) is 35.4 Å². The van der Waals surface area contributed by atoms with Crippen LogP contribution in [0.3, 0.4) is 0 Å². The van der Waals surface area contributed by atoms with E-state index >= 15 is 0 Å². The minimum atomic E-state index is -1.68. The van der Waals surface area contributed by atoms with Crippen LogP contribution in [0.25, 0.3) is 0 Å². The van der Waals surface area contributed by atoms with Gasteiger partial charge in [0.25, 0.3) is 0 Å². The molecule has 0 aliphatic rings. The van der Waals surface area contributed by atoms with Crippen molar-refractivity contribution in [3.8, 4) is 5.75 Å². The monoisotopic (exact) mass is 882 g/mol. The van der Waals surface area contributed by atoms with Gasteiger partial charge in [-0.15, -0.1) is 0 Å². The predicted molar refractivity (Wildman–Crippen MR) is 228 cm³/mol. The average Bonchev–Trinajstić information content (AvgIpc) is 3.20. The summed E-state index contributed by atoms with van der Waals surface area (Å²) in [6.07, 6.45) is 1.09. The Labute approximate surface area is 360 Å². The molecular weight excluding hydrogens is 817 g/mol. The molecule has 0 spiro atoms. The molecule has 0 aliphatic carbocycles. The van der Waals surface area contributed by atoms with Gasteiger partial charge in [0.05, 0.1) is 12.1 Å². The van der Waals surface area contributed by atoms with Gasteiger partial charge in [0.1, 0.15) is 42.0 Å². The van der Waals surface area contributed by atoms with Crippen LogP contribution in [0.1, 0.15) is 85.1 Å². The third kappa shape index (κ3) is 19.5. The number of carbonyl (C=O) groups is 8. The molecule has 0 aromatic heterocycles. The van der Waals surface area contributed by atoms with Crippen molar-refractivity contribution >= 4 is 59.1 Å². The van der Waals surface area contributed by atoms with Crippen LogP contribution in [0.5, 0.6) is 5.75 Å². The van der Waals surface area contributed by atoms with E-state index in [1.807, 2.05) is 0 Å². The molecule has 61 heavy (non-hydrogen) atoms. The van der Waals surface area contributed by atoms with Crippen molar-refractivity contribution in [2.45, 2.75) is 134 Å². The van der Waals surface area contributed by atoms with E-state index in [0.717, 1.165) is 0 Å². The van der Waals surface area contributed by atoms with Crippen LogP contribution in [0.2, 0.25) is 0 Å². The molecule has 1 rings (SSSR count). The van der Waals surface area contributed by atoms with Gasteiger partial charge in [0.15, 0.2) is 0 Å². The smallest absolute Gasteiger partial charge is 0.326 e. The zero-order chi connectivity index (χ0) is 46.4. The van der Waals surface area contributed by atoms with Gasteiger partial charge in [-0.1, -0.05) is 52.7 Å². The number of hydrogen-bond donors (Lipinski definition) is 12. The number of hydrogen-bond acceptors (Lipinski definition) is 13. The SMILES string of the molecule is CC[C@H](C)[C@H](NC(=O)[C@H](CCC(=O)O)NC(=O)[C@@H](NC(=O)[C@@H](NC(=O)[C@H](Cc1ccc(O)cc1)NC(=O)[C@@H](N)CCCCN)[C@@H](C)O)C(C)C)C(=O)N[C@@H](CCSC)C(=O)O. The number of carboxylic acids is 2. The van der Waals surface area contributed by atoms with Crippen molar-refractivity contribution in [1.29, 1.82) is 0 Å². The fourth-order valence-corrected chi connectivity index (χ4v) is 6.41. The van der Waals surface area contributed by atoms with E-state index in [-0.39, 0.29) is 25.0 Å². The molecular formula is C40H66N8O12S. The minimum Gasteiger partial charge on any atom is -0.508 e. The summed E-state index contributed by atoms with van der Waals surface area (Å²) in [5.74, 6) is -8.55. The molecule has 6 amide bonds. The van der Waals surface area contributed by atoms with Gasteiger partial charge in [-0.05, 0) is 80.7 Å². The molecule has 0 saturated heterocycles. The number of phenols is 1. The number of carboxylic acid groups (broad SMARTS) is 2. The lowest BCUT2D eigenvalue weighted by atomic mass is 9.96. The molecule has 0 unspecified atom stereocenters. The molecule has 0 fully saturated rings. The first kappa shape index (κ1) is 54.0. The molecule has 1 aromatic carbocycles. The van der Waals surface area contributed by atoms with E-state index in [1.54, 1.807) is 34.0 Å². The van der Waals surface area contributed by atoms with Crippen molar-refractivity contribution in [2.75, 3.05) is 18.6 Å². The Kier molecular flexibility index (Phi) is 24.6. The van der Waals surface area contributed by atoms with Gasteiger partial charge in [-0.3, -0.25) is 33.6 Å². The van der Waals surface area contributed by atoms with E-state index in [2.05, 4.69) is 31.9 Å². The molecule has 21 heteroatoms.